The lowest BCUT2D eigenvalue weighted by atomic mass is 9.82. The second-order valence-corrected chi connectivity index (χ2v) is 13.1. The van der Waals surface area contributed by atoms with E-state index in [0.717, 1.165) is 55.5 Å². The Bertz CT molecular complexity index is 1540. The molecule has 1 aliphatic carbocycles. The third-order valence-corrected chi connectivity index (χ3v) is 9.27. The van der Waals surface area contributed by atoms with E-state index in [2.05, 4.69) is 40.2 Å². The van der Waals surface area contributed by atoms with Crippen molar-refractivity contribution in [1.82, 2.24) is 14.7 Å². The third-order valence-electron chi connectivity index (χ3n) is 7.43. The molecule has 40 heavy (non-hydrogen) atoms. The topological polar surface area (TPSA) is 87.2 Å². The smallest absolute Gasteiger partial charge is 0.240 e. The first kappa shape index (κ1) is 28.6. The molecule has 0 aliphatic heterocycles. The van der Waals surface area contributed by atoms with Crippen LogP contribution in [0.15, 0.2) is 77.7 Å². The summed E-state index contributed by atoms with van der Waals surface area (Å²) in [5.41, 5.74) is 2.13. The van der Waals surface area contributed by atoms with Crippen LogP contribution in [0.25, 0.3) is 10.9 Å². The van der Waals surface area contributed by atoms with Gasteiger partial charge < -0.3 is 10.2 Å². The summed E-state index contributed by atoms with van der Waals surface area (Å²) in [7, 11) is -1.61. The van der Waals surface area contributed by atoms with Crippen LogP contribution in [-0.2, 0) is 16.6 Å². The minimum absolute atomic E-state index is 0.0899. The monoisotopic (exact) mass is 597 g/mol. The molecule has 3 aromatic carbocycles. The highest BCUT2D eigenvalue weighted by Gasteiger charge is 2.24. The van der Waals surface area contributed by atoms with Crippen LogP contribution in [0, 0.1) is 11.8 Å². The molecule has 0 bridgehead atoms. The first-order valence-corrected chi connectivity index (χ1v) is 15.7. The van der Waals surface area contributed by atoms with E-state index in [1.165, 1.54) is 23.8 Å². The van der Waals surface area contributed by atoms with Crippen molar-refractivity contribution in [3.8, 4) is 0 Å². The van der Waals surface area contributed by atoms with Gasteiger partial charge in [0.25, 0.3) is 0 Å². The molecule has 0 radical (unpaired) electrons. The molecule has 1 heterocycles. The molecule has 0 amide bonds. The Balaban J connectivity index is 1.17. The van der Waals surface area contributed by atoms with E-state index in [-0.39, 0.29) is 10.8 Å². The lowest BCUT2D eigenvalue weighted by Gasteiger charge is -2.29. The molecule has 0 atom stereocenters. The summed E-state index contributed by atoms with van der Waals surface area (Å²) in [6.07, 6.45) is 3.93. The molecule has 0 saturated heterocycles. The second kappa shape index (κ2) is 12.7. The van der Waals surface area contributed by atoms with Crippen LogP contribution in [0.1, 0.15) is 31.2 Å². The molecule has 1 saturated carbocycles. The Morgan fingerprint density at radius 3 is 2.17 bits per heavy atom. The standard InChI is InChI=1S/C30H33Cl2N5O2S/c1-37(20-23-7-3-2-4-8-23)29-27-9-5-6-10-28(27)35-30(36-29)33-18-21-11-13-22(14-12-21)19-34-40(38,39)26-16-24(31)15-25(32)17-26/h2-10,15-17,21-22,34H,11-14,18-20H2,1H3,(H,33,35,36)/t21-,22-. The average Bonchev–Trinajstić information content (AvgIpc) is 2.95. The zero-order valence-electron chi connectivity index (χ0n) is 22.4. The predicted octanol–water partition coefficient (Wildman–Crippen LogP) is 6.77. The van der Waals surface area contributed by atoms with Gasteiger partial charge in [0.2, 0.25) is 16.0 Å². The Labute approximate surface area is 246 Å². The molecule has 1 aromatic heterocycles. The fraction of sp³-hybridized carbons (Fsp3) is 0.333. The lowest BCUT2D eigenvalue weighted by molar-refractivity contribution is 0.284. The van der Waals surface area contributed by atoms with E-state index >= 15 is 0 Å². The average molecular weight is 599 g/mol. The third kappa shape index (κ3) is 7.23. The van der Waals surface area contributed by atoms with E-state index in [1.54, 1.807) is 0 Å². The molecule has 5 rings (SSSR count). The second-order valence-electron chi connectivity index (χ2n) is 10.5. The van der Waals surface area contributed by atoms with Gasteiger partial charge in [-0.25, -0.2) is 18.1 Å². The first-order valence-electron chi connectivity index (χ1n) is 13.5. The fourth-order valence-electron chi connectivity index (χ4n) is 5.23. The fourth-order valence-corrected chi connectivity index (χ4v) is 7.07. The van der Waals surface area contributed by atoms with Crippen LogP contribution in [0.3, 0.4) is 0 Å². The minimum atomic E-state index is -3.67. The zero-order chi connectivity index (χ0) is 28.1. The Kier molecular flexibility index (Phi) is 9.10. The van der Waals surface area contributed by atoms with E-state index < -0.39 is 10.0 Å². The van der Waals surface area contributed by atoms with E-state index in [4.69, 9.17) is 33.2 Å². The molecule has 1 aliphatic rings. The minimum Gasteiger partial charge on any atom is -0.355 e. The van der Waals surface area contributed by atoms with Gasteiger partial charge in [-0.1, -0.05) is 65.7 Å². The summed E-state index contributed by atoms with van der Waals surface area (Å²) in [4.78, 5) is 11.9. The van der Waals surface area contributed by atoms with Gasteiger partial charge in [-0.05, 0) is 73.4 Å². The van der Waals surface area contributed by atoms with E-state index in [1.807, 2.05) is 36.4 Å². The van der Waals surface area contributed by atoms with Crippen LogP contribution >= 0.6 is 23.2 Å². The maximum atomic E-state index is 12.7. The molecule has 2 N–H and O–H groups in total. The molecule has 1 fully saturated rings. The maximum Gasteiger partial charge on any atom is 0.240 e. The molecule has 7 nitrogen and oxygen atoms in total. The molecular formula is C30H33Cl2N5O2S. The normalized spacial score (nSPS) is 17.6. The molecular weight excluding hydrogens is 565 g/mol. The number of nitrogens with zero attached hydrogens (tertiary/aromatic N) is 3. The highest BCUT2D eigenvalue weighted by molar-refractivity contribution is 7.89. The lowest BCUT2D eigenvalue weighted by Crippen LogP contribution is -2.32. The summed E-state index contributed by atoms with van der Waals surface area (Å²) in [6.45, 7) is 1.93. The van der Waals surface area contributed by atoms with Crippen molar-refractivity contribution in [2.45, 2.75) is 37.1 Å². The van der Waals surface area contributed by atoms with Crippen molar-refractivity contribution in [3.63, 3.8) is 0 Å². The Morgan fingerprint density at radius 2 is 1.48 bits per heavy atom. The largest absolute Gasteiger partial charge is 0.355 e. The van der Waals surface area contributed by atoms with Crippen LogP contribution in [0.2, 0.25) is 10.0 Å². The summed E-state index contributed by atoms with van der Waals surface area (Å²) in [6, 6.07) is 22.8. The SMILES string of the molecule is CN(Cc1ccccc1)c1nc(NC[C@H]2CC[C@H](CNS(=O)(=O)c3cc(Cl)cc(Cl)c3)CC2)nc2ccccc12. The van der Waals surface area contributed by atoms with Crippen molar-refractivity contribution in [2.75, 3.05) is 30.4 Å². The van der Waals surface area contributed by atoms with Gasteiger partial charge in [0.1, 0.15) is 5.82 Å². The number of rotatable bonds is 10. The summed E-state index contributed by atoms with van der Waals surface area (Å²) >= 11 is 12.0. The van der Waals surface area contributed by atoms with Gasteiger partial charge in [0.05, 0.1) is 10.4 Å². The van der Waals surface area contributed by atoms with Gasteiger partial charge in [0, 0.05) is 42.1 Å². The number of hydrogen-bond acceptors (Lipinski definition) is 6. The number of aromatic nitrogens is 2. The molecule has 0 spiro atoms. The van der Waals surface area contributed by atoms with Crippen LogP contribution < -0.4 is 14.9 Å². The van der Waals surface area contributed by atoms with E-state index in [0.29, 0.717) is 28.5 Å². The van der Waals surface area contributed by atoms with Gasteiger partial charge in [0.15, 0.2) is 0 Å². The number of para-hydroxylation sites is 1. The summed E-state index contributed by atoms with van der Waals surface area (Å²) in [5.74, 6) is 2.29. The molecule has 10 heteroatoms. The highest BCUT2D eigenvalue weighted by atomic mass is 35.5. The van der Waals surface area contributed by atoms with E-state index in [9.17, 15) is 8.42 Å². The van der Waals surface area contributed by atoms with Crippen molar-refractivity contribution >= 4 is 55.9 Å². The number of benzene rings is 3. The Hall–Kier alpha value is -2.91. The number of anilines is 2. The number of fused-ring (bicyclic) bond motifs is 1. The Morgan fingerprint density at radius 1 is 0.850 bits per heavy atom. The van der Waals surface area contributed by atoms with Crippen molar-refractivity contribution in [2.24, 2.45) is 11.8 Å². The van der Waals surface area contributed by atoms with Gasteiger partial charge in [-0.3, -0.25) is 0 Å². The number of nitrogens with one attached hydrogen (secondary N) is 2. The highest BCUT2D eigenvalue weighted by Crippen LogP contribution is 2.30. The predicted molar refractivity (Wildman–Crippen MR) is 164 cm³/mol. The van der Waals surface area contributed by atoms with Gasteiger partial charge in [-0.15, -0.1) is 0 Å². The zero-order valence-corrected chi connectivity index (χ0v) is 24.7. The quantitative estimate of drug-likeness (QED) is 0.210. The molecule has 4 aromatic rings. The summed E-state index contributed by atoms with van der Waals surface area (Å²) < 4.78 is 28.2. The van der Waals surface area contributed by atoms with Gasteiger partial charge in [-0.2, -0.15) is 4.98 Å². The van der Waals surface area contributed by atoms with Crippen molar-refractivity contribution in [3.05, 3.63) is 88.4 Å². The van der Waals surface area contributed by atoms with Crippen molar-refractivity contribution < 1.29 is 8.42 Å². The molecule has 210 valence electrons. The van der Waals surface area contributed by atoms with Crippen molar-refractivity contribution in [1.29, 1.82) is 0 Å². The molecule has 0 unspecified atom stereocenters. The summed E-state index contributed by atoms with van der Waals surface area (Å²) in [5, 5.41) is 5.10. The maximum absolute atomic E-state index is 12.7. The number of sulfonamides is 1. The number of halogens is 2. The number of hydrogen-bond donors (Lipinski definition) is 2. The van der Waals surface area contributed by atoms with Gasteiger partial charge >= 0.3 is 0 Å². The van der Waals surface area contributed by atoms with Crippen LogP contribution in [0.5, 0.6) is 0 Å². The van der Waals surface area contributed by atoms with Crippen LogP contribution in [-0.4, -0.2) is 38.5 Å². The van der Waals surface area contributed by atoms with Crippen LogP contribution in [0.4, 0.5) is 11.8 Å². The first-order chi connectivity index (χ1) is 19.3.